The van der Waals surface area contributed by atoms with E-state index in [2.05, 4.69) is 27.8 Å². The maximum Gasteiger partial charge on any atom is 0.410 e. The largest absolute Gasteiger partial charge is 0.444 e. The molecule has 3 fully saturated rings. The Bertz CT molecular complexity index is 1050. The minimum absolute atomic E-state index is 0.149. The molecule has 0 atom stereocenters. The summed E-state index contributed by atoms with van der Waals surface area (Å²) in [7, 11) is 0. The van der Waals surface area contributed by atoms with Crippen molar-refractivity contribution in [1.82, 2.24) is 19.3 Å². The lowest BCUT2D eigenvalue weighted by atomic mass is 10.0. The van der Waals surface area contributed by atoms with E-state index in [9.17, 15) is 9.59 Å². The van der Waals surface area contributed by atoms with Crippen molar-refractivity contribution in [1.29, 1.82) is 0 Å². The topological polar surface area (TPSA) is 58.0 Å². The predicted molar refractivity (Wildman–Crippen MR) is 138 cm³/mol. The minimum Gasteiger partial charge on any atom is -0.444 e. The first-order valence-corrected chi connectivity index (χ1v) is 13.4. The number of benzene rings is 1. The standard InChI is InChI=1S/C28H40N4O3/c1-28(2,3)35-27(34)31-13-11-24(12-14-31)32-15-10-21-20-22(8-9-25(21)32)26(33)30-18-16-29(17-19-30)23-6-4-5-7-23/h8-10,15,20,23-24H,4-7,11-14,16-19H2,1-3H3. The molecule has 1 saturated carbocycles. The first-order chi connectivity index (χ1) is 16.8. The lowest BCUT2D eigenvalue weighted by Crippen LogP contribution is -2.51. The molecule has 35 heavy (non-hydrogen) atoms. The second-order valence-corrected chi connectivity index (χ2v) is 11.5. The number of rotatable bonds is 3. The Kier molecular flexibility index (Phi) is 6.80. The summed E-state index contributed by atoms with van der Waals surface area (Å²) in [6, 6.07) is 9.33. The molecule has 0 unspecified atom stereocenters. The number of piperidine rings is 1. The maximum absolute atomic E-state index is 13.2. The number of hydrogen-bond acceptors (Lipinski definition) is 4. The van der Waals surface area contributed by atoms with Crippen molar-refractivity contribution in [3.05, 3.63) is 36.0 Å². The summed E-state index contributed by atoms with van der Waals surface area (Å²) in [6.45, 7) is 10.7. The van der Waals surface area contributed by atoms with Gasteiger partial charge in [0.05, 0.1) is 0 Å². The molecule has 0 bridgehead atoms. The van der Waals surface area contributed by atoms with Gasteiger partial charge in [-0.1, -0.05) is 12.8 Å². The van der Waals surface area contributed by atoms with Crippen LogP contribution in [0.15, 0.2) is 30.5 Å². The number of amides is 2. The Balaban J connectivity index is 1.20. The van der Waals surface area contributed by atoms with E-state index in [1.165, 1.54) is 25.7 Å². The van der Waals surface area contributed by atoms with Crippen LogP contribution in [0, 0.1) is 0 Å². The van der Waals surface area contributed by atoms with Crippen molar-refractivity contribution in [3.63, 3.8) is 0 Å². The number of aromatic nitrogens is 1. The average Bonchev–Trinajstić information content (AvgIpc) is 3.53. The lowest BCUT2D eigenvalue weighted by molar-refractivity contribution is 0.0189. The summed E-state index contributed by atoms with van der Waals surface area (Å²) in [5, 5.41) is 1.11. The third kappa shape index (κ3) is 5.35. The Morgan fingerprint density at radius 2 is 1.51 bits per heavy atom. The van der Waals surface area contributed by atoms with Gasteiger partial charge in [-0.15, -0.1) is 0 Å². The van der Waals surface area contributed by atoms with Crippen LogP contribution in [0.1, 0.15) is 75.7 Å². The van der Waals surface area contributed by atoms with E-state index in [0.29, 0.717) is 19.1 Å². The van der Waals surface area contributed by atoms with Gasteiger partial charge in [-0.2, -0.15) is 0 Å². The molecule has 0 spiro atoms. The number of piperazine rings is 1. The SMILES string of the molecule is CC(C)(C)OC(=O)N1CCC(n2ccc3cc(C(=O)N4CCN(C5CCCC5)CC4)ccc32)CC1. The highest BCUT2D eigenvalue weighted by atomic mass is 16.6. The van der Waals surface area contributed by atoms with Crippen molar-refractivity contribution < 1.29 is 14.3 Å². The molecule has 3 heterocycles. The number of likely N-dealkylation sites (tertiary alicyclic amines) is 1. The van der Waals surface area contributed by atoms with E-state index in [1.54, 1.807) is 0 Å². The molecule has 0 radical (unpaired) electrons. The molecule has 0 N–H and O–H groups in total. The van der Waals surface area contributed by atoms with Gasteiger partial charge in [0.15, 0.2) is 0 Å². The number of carbonyl (C=O) groups excluding carboxylic acids is 2. The highest BCUT2D eigenvalue weighted by molar-refractivity contribution is 5.98. The van der Waals surface area contributed by atoms with Gasteiger partial charge in [-0.05, 0) is 70.7 Å². The normalized spacial score (nSPS) is 21.1. The molecule has 1 aromatic heterocycles. The smallest absolute Gasteiger partial charge is 0.410 e. The number of hydrogen-bond donors (Lipinski definition) is 0. The van der Waals surface area contributed by atoms with E-state index < -0.39 is 5.60 Å². The first-order valence-electron chi connectivity index (χ1n) is 13.4. The van der Waals surface area contributed by atoms with E-state index in [4.69, 9.17) is 4.74 Å². The molecular formula is C28H40N4O3. The zero-order chi connectivity index (χ0) is 24.6. The van der Waals surface area contributed by atoms with E-state index in [-0.39, 0.29) is 12.0 Å². The molecule has 7 nitrogen and oxygen atoms in total. The zero-order valence-corrected chi connectivity index (χ0v) is 21.5. The van der Waals surface area contributed by atoms with Crippen molar-refractivity contribution in [2.24, 2.45) is 0 Å². The van der Waals surface area contributed by atoms with Gasteiger partial charge in [-0.25, -0.2) is 4.79 Å². The fraction of sp³-hybridized carbons (Fsp3) is 0.643. The van der Waals surface area contributed by atoms with Gasteiger partial charge >= 0.3 is 6.09 Å². The van der Waals surface area contributed by atoms with Crippen molar-refractivity contribution in [3.8, 4) is 0 Å². The van der Waals surface area contributed by atoms with E-state index in [1.807, 2.05) is 42.7 Å². The molecule has 2 saturated heterocycles. The van der Waals surface area contributed by atoms with Gasteiger partial charge in [-0.3, -0.25) is 9.69 Å². The maximum atomic E-state index is 13.2. The second kappa shape index (κ2) is 9.84. The number of ether oxygens (including phenoxy) is 1. The Labute approximate surface area is 209 Å². The third-order valence-corrected chi connectivity index (χ3v) is 7.92. The number of fused-ring (bicyclic) bond motifs is 1. The molecule has 1 aliphatic carbocycles. The Morgan fingerprint density at radius 3 is 2.17 bits per heavy atom. The lowest BCUT2D eigenvalue weighted by Gasteiger charge is -2.38. The summed E-state index contributed by atoms with van der Waals surface area (Å²) in [6.07, 6.45) is 9.06. The molecule has 1 aromatic carbocycles. The molecule has 2 aromatic rings. The van der Waals surface area contributed by atoms with Crippen molar-refractivity contribution in [2.75, 3.05) is 39.3 Å². The molecule has 3 aliphatic rings. The fourth-order valence-electron chi connectivity index (χ4n) is 6.01. The monoisotopic (exact) mass is 480 g/mol. The third-order valence-electron chi connectivity index (χ3n) is 7.92. The molecule has 5 rings (SSSR count). The number of carbonyl (C=O) groups is 2. The Morgan fingerprint density at radius 1 is 0.829 bits per heavy atom. The van der Waals surface area contributed by atoms with Gasteiger partial charge in [0.2, 0.25) is 0 Å². The summed E-state index contributed by atoms with van der Waals surface area (Å²) >= 11 is 0. The average molecular weight is 481 g/mol. The van der Waals surface area contributed by atoms with Crippen LogP contribution in [0.25, 0.3) is 10.9 Å². The predicted octanol–water partition coefficient (Wildman–Crippen LogP) is 4.91. The highest BCUT2D eigenvalue weighted by Crippen LogP contribution is 2.30. The Hall–Kier alpha value is -2.54. The molecule has 190 valence electrons. The van der Waals surface area contributed by atoms with Crippen LogP contribution in [0.3, 0.4) is 0 Å². The van der Waals surface area contributed by atoms with Gasteiger partial charge in [0, 0.05) is 74.0 Å². The van der Waals surface area contributed by atoms with Crippen LogP contribution in [0.5, 0.6) is 0 Å². The van der Waals surface area contributed by atoms with Crippen LogP contribution in [-0.4, -0.2) is 82.2 Å². The van der Waals surface area contributed by atoms with Gasteiger partial charge < -0.3 is 19.1 Å². The van der Waals surface area contributed by atoms with Crippen molar-refractivity contribution >= 4 is 22.9 Å². The summed E-state index contributed by atoms with van der Waals surface area (Å²) in [5.74, 6) is 0.149. The number of nitrogens with zero attached hydrogens (tertiary/aromatic N) is 4. The summed E-state index contributed by atoms with van der Waals surface area (Å²) in [4.78, 5) is 32.1. The minimum atomic E-state index is -0.469. The van der Waals surface area contributed by atoms with E-state index in [0.717, 1.165) is 61.5 Å². The van der Waals surface area contributed by atoms with Crippen LogP contribution >= 0.6 is 0 Å². The first kappa shape index (κ1) is 24.2. The van der Waals surface area contributed by atoms with Gasteiger partial charge in [0.25, 0.3) is 5.91 Å². The van der Waals surface area contributed by atoms with Crippen LogP contribution in [-0.2, 0) is 4.74 Å². The summed E-state index contributed by atoms with van der Waals surface area (Å²) in [5.41, 5.74) is 1.47. The quantitative estimate of drug-likeness (QED) is 0.626. The van der Waals surface area contributed by atoms with Crippen molar-refractivity contribution in [2.45, 2.75) is 77.0 Å². The molecular weight excluding hydrogens is 440 g/mol. The molecule has 2 amide bonds. The second-order valence-electron chi connectivity index (χ2n) is 11.5. The summed E-state index contributed by atoms with van der Waals surface area (Å²) < 4.78 is 7.85. The van der Waals surface area contributed by atoms with Crippen LogP contribution < -0.4 is 0 Å². The van der Waals surface area contributed by atoms with Gasteiger partial charge in [0.1, 0.15) is 5.60 Å². The molecule has 7 heteroatoms. The zero-order valence-electron chi connectivity index (χ0n) is 21.5. The van der Waals surface area contributed by atoms with E-state index >= 15 is 0 Å². The van der Waals surface area contributed by atoms with Crippen LogP contribution in [0.2, 0.25) is 0 Å². The van der Waals surface area contributed by atoms with Crippen LogP contribution in [0.4, 0.5) is 4.79 Å². The fourth-order valence-corrected chi connectivity index (χ4v) is 6.01. The highest BCUT2D eigenvalue weighted by Gasteiger charge is 2.30. The molecule has 2 aliphatic heterocycles.